The summed E-state index contributed by atoms with van der Waals surface area (Å²) in [4.78, 5) is 15.0. The van der Waals surface area contributed by atoms with Gasteiger partial charge in [-0.25, -0.2) is 8.42 Å². The molecular weight excluding hydrogens is 362 g/mol. The van der Waals surface area contributed by atoms with E-state index >= 15 is 0 Å². The first kappa shape index (κ1) is 19.4. The van der Waals surface area contributed by atoms with Gasteiger partial charge in [-0.15, -0.1) is 0 Å². The van der Waals surface area contributed by atoms with Crippen molar-refractivity contribution in [1.29, 1.82) is 0 Å². The summed E-state index contributed by atoms with van der Waals surface area (Å²) < 4.78 is 28.0. The number of sulfonamides is 1. The van der Waals surface area contributed by atoms with Crippen molar-refractivity contribution in [2.45, 2.75) is 30.7 Å². The van der Waals surface area contributed by atoms with Crippen LogP contribution in [-0.4, -0.2) is 45.4 Å². The Hall–Kier alpha value is -2.38. The standard InChI is InChI=1S/C20H25N3O3S/c1-15-9-11-17(12-10-15)27(25,26)22-19-8-4-3-7-18(19)20(24)23-13-5-6-16(14-23)21-2/h3-4,7-12,16,21-22H,5-6,13-14H2,1-2H3. The quantitative estimate of drug-likeness (QED) is 0.827. The monoisotopic (exact) mass is 387 g/mol. The third kappa shape index (κ3) is 4.48. The molecule has 2 N–H and O–H groups in total. The maximum Gasteiger partial charge on any atom is 0.261 e. The van der Waals surface area contributed by atoms with Crippen LogP contribution in [0.4, 0.5) is 5.69 Å². The van der Waals surface area contributed by atoms with Crippen molar-refractivity contribution in [2.75, 3.05) is 24.9 Å². The first-order valence-electron chi connectivity index (χ1n) is 9.06. The predicted octanol–water partition coefficient (Wildman–Crippen LogP) is 2.62. The van der Waals surface area contributed by atoms with E-state index < -0.39 is 10.0 Å². The number of likely N-dealkylation sites (tertiary alicyclic amines) is 1. The molecule has 7 heteroatoms. The van der Waals surface area contributed by atoms with Gasteiger partial charge >= 0.3 is 0 Å². The number of piperidine rings is 1. The second-order valence-electron chi connectivity index (χ2n) is 6.84. The van der Waals surface area contributed by atoms with Crippen molar-refractivity contribution >= 4 is 21.6 Å². The smallest absolute Gasteiger partial charge is 0.261 e. The van der Waals surface area contributed by atoms with Crippen LogP contribution in [0.5, 0.6) is 0 Å². The summed E-state index contributed by atoms with van der Waals surface area (Å²) in [6.45, 7) is 3.19. The second-order valence-corrected chi connectivity index (χ2v) is 8.53. The lowest BCUT2D eigenvalue weighted by molar-refractivity contribution is 0.0699. The fourth-order valence-corrected chi connectivity index (χ4v) is 4.33. The lowest BCUT2D eigenvalue weighted by Crippen LogP contribution is -2.47. The van der Waals surface area contributed by atoms with E-state index in [1.54, 1.807) is 53.4 Å². The highest BCUT2D eigenvalue weighted by molar-refractivity contribution is 7.92. The Kier molecular flexibility index (Phi) is 5.82. The van der Waals surface area contributed by atoms with Crippen LogP contribution in [0.3, 0.4) is 0 Å². The van der Waals surface area contributed by atoms with Gasteiger partial charge < -0.3 is 10.2 Å². The number of amides is 1. The highest BCUT2D eigenvalue weighted by Gasteiger charge is 2.26. The maximum atomic E-state index is 13.0. The molecule has 1 aliphatic rings. The molecule has 1 unspecified atom stereocenters. The molecule has 3 rings (SSSR count). The first-order valence-corrected chi connectivity index (χ1v) is 10.5. The molecule has 6 nitrogen and oxygen atoms in total. The second kappa shape index (κ2) is 8.10. The molecule has 2 aromatic rings. The minimum absolute atomic E-state index is 0.155. The van der Waals surface area contributed by atoms with Crippen LogP contribution in [0.15, 0.2) is 53.4 Å². The van der Waals surface area contributed by atoms with Gasteiger partial charge in [0.25, 0.3) is 15.9 Å². The van der Waals surface area contributed by atoms with Gasteiger partial charge in [0.05, 0.1) is 16.1 Å². The Bertz CT molecular complexity index is 910. The highest BCUT2D eigenvalue weighted by Crippen LogP contribution is 2.23. The fraction of sp³-hybridized carbons (Fsp3) is 0.350. The normalized spacial score (nSPS) is 17.6. The van der Waals surface area contributed by atoms with Crippen molar-refractivity contribution < 1.29 is 13.2 Å². The summed E-state index contributed by atoms with van der Waals surface area (Å²) in [7, 11) is -1.87. The lowest BCUT2D eigenvalue weighted by atomic mass is 10.0. The molecule has 1 aliphatic heterocycles. The predicted molar refractivity (Wildman–Crippen MR) is 106 cm³/mol. The van der Waals surface area contributed by atoms with Crippen LogP contribution in [-0.2, 0) is 10.0 Å². The van der Waals surface area contributed by atoms with Crippen LogP contribution < -0.4 is 10.0 Å². The number of hydrogen-bond donors (Lipinski definition) is 2. The van der Waals surface area contributed by atoms with Gasteiger partial charge in [0, 0.05) is 19.1 Å². The minimum Gasteiger partial charge on any atom is -0.337 e. The molecule has 27 heavy (non-hydrogen) atoms. The molecule has 0 saturated carbocycles. The van der Waals surface area contributed by atoms with Crippen LogP contribution in [0.25, 0.3) is 0 Å². The third-order valence-corrected chi connectivity index (χ3v) is 6.23. The molecule has 1 heterocycles. The van der Waals surface area contributed by atoms with Crippen molar-refractivity contribution in [3.63, 3.8) is 0 Å². The number of rotatable bonds is 5. The molecule has 1 atom stereocenters. The van der Waals surface area contributed by atoms with E-state index in [1.165, 1.54) is 0 Å². The molecule has 1 fully saturated rings. The number of para-hydroxylation sites is 1. The Labute approximate surface area is 160 Å². The number of benzene rings is 2. The van der Waals surface area contributed by atoms with E-state index in [2.05, 4.69) is 10.0 Å². The van der Waals surface area contributed by atoms with Gasteiger partial charge in [-0.3, -0.25) is 9.52 Å². The summed E-state index contributed by atoms with van der Waals surface area (Å²) in [5, 5.41) is 3.21. The summed E-state index contributed by atoms with van der Waals surface area (Å²) in [5.74, 6) is -0.155. The van der Waals surface area contributed by atoms with E-state index in [1.807, 2.05) is 14.0 Å². The average Bonchev–Trinajstić information content (AvgIpc) is 2.68. The summed E-state index contributed by atoms with van der Waals surface area (Å²) >= 11 is 0. The largest absolute Gasteiger partial charge is 0.337 e. The van der Waals surface area contributed by atoms with Crippen LogP contribution >= 0.6 is 0 Å². The van der Waals surface area contributed by atoms with Crippen molar-refractivity contribution in [2.24, 2.45) is 0 Å². The number of carbonyl (C=O) groups excluding carboxylic acids is 1. The zero-order chi connectivity index (χ0) is 19.4. The Morgan fingerprint density at radius 1 is 1.11 bits per heavy atom. The van der Waals surface area contributed by atoms with E-state index in [-0.39, 0.29) is 16.8 Å². The molecule has 0 bridgehead atoms. The van der Waals surface area contributed by atoms with Gasteiger partial charge in [0.15, 0.2) is 0 Å². The molecular formula is C20H25N3O3S. The van der Waals surface area contributed by atoms with Crippen molar-refractivity contribution in [3.8, 4) is 0 Å². The van der Waals surface area contributed by atoms with E-state index in [9.17, 15) is 13.2 Å². The number of anilines is 1. The van der Waals surface area contributed by atoms with Crippen LogP contribution in [0.2, 0.25) is 0 Å². The topological polar surface area (TPSA) is 78.5 Å². The van der Waals surface area contributed by atoms with Gasteiger partial charge in [-0.2, -0.15) is 0 Å². The number of aryl methyl sites for hydroxylation is 1. The van der Waals surface area contributed by atoms with Gasteiger partial charge in [-0.1, -0.05) is 29.8 Å². The van der Waals surface area contributed by atoms with Crippen molar-refractivity contribution in [3.05, 3.63) is 59.7 Å². The number of hydrogen-bond acceptors (Lipinski definition) is 4. The average molecular weight is 388 g/mol. The molecule has 0 aliphatic carbocycles. The number of likely N-dealkylation sites (N-methyl/N-ethyl adjacent to an activating group) is 1. The molecule has 0 radical (unpaired) electrons. The van der Waals surface area contributed by atoms with Crippen molar-refractivity contribution in [1.82, 2.24) is 10.2 Å². The zero-order valence-electron chi connectivity index (χ0n) is 15.6. The Morgan fingerprint density at radius 3 is 2.52 bits per heavy atom. The Morgan fingerprint density at radius 2 is 1.81 bits per heavy atom. The molecule has 0 aromatic heterocycles. The molecule has 144 valence electrons. The Balaban J connectivity index is 1.85. The highest BCUT2D eigenvalue weighted by atomic mass is 32.2. The van der Waals surface area contributed by atoms with E-state index in [0.717, 1.165) is 18.4 Å². The SMILES string of the molecule is CNC1CCCN(C(=O)c2ccccc2NS(=O)(=O)c2ccc(C)cc2)C1. The first-order chi connectivity index (χ1) is 12.9. The number of nitrogens with zero attached hydrogens (tertiary/aromatic N) is 1. The summed E-state index contributed by atoms with van der Waals surface area (Å²) in [5.41, 5.74) is 1.65. The van der Waals surface area contributed by atoms with Crippen LogP contribution in [0.1, 0.15) is 28.8 Å². The van der Waals surface area contributed by atoms with Gasteiger partial charge in [0.2, 0.25) is 0 Å². The van der Waals surface area contributed by atoms with Crippen LogP contribution in [0, 0.1) is 6.92 Å². The number of carbonyl (C=O) groups is 1. The molecule has 1 saturated heterocycles. The van der Waals surface area contributed by atoms with Gasteiger partial charge in [-0.05, 0) is 51.1 Å². The summed E-state index contributed by atoms with van der Waals surface area (Å²) in [6.07, 6.45) is 1.95. The van der Waals surface area contributed by atoms with Gasteiger partial charge in [0.1, 0.15) is 0 Å². The fourth-order valence-electron chi connectivity index (χ4n) is 3.25. The van der Waals surface area contributed by atoms with E-state index in [4.69, 9.17) is 0 Å². The maximum absolute atomic E-state index is 13.0. The zero-order valence-corrected chi connectivity index (χ0v) is 16.4. The third-order valence-electron chi connectivity index (χ3n) is 4.85. The lowest BCUT2D eigenvalue weighted by Gasteiger charge is -2.33. The molecule has 0 spiro atoms. The molecule has 2 aromatic carbocycles. The number of nitrogens with one attached hydrogen (secondary N) is 2. The summed E-state index contributed by atoms with van der Waals surface area (Å²) in [6, 6.07) is 13.6. The molecule has 1 amide bonds. The van der Waals surface area contributed by atoms with E-state index in [0.29, 0.717) is 24.3 Å². The minimum atomic E-state index is -3.77.